The van der Waals surface area contributed by atoms with Crippen LogP contribution in [0.25, 0.3) is 0 Å². The van der Waals surface area contributed by atoms with Crippen molar-refractivity contribution in [3.8, 4) is 0 Å². The number of amides is 1. The fourth-order valence-electron chi connectivity index (χ4n) is 2.54. The van der Waals surface area contributed by atoms with Gasteiger partial charge in [-0.2, -0.15) is 0 Å². The van der Waals surface area contributed by atoms with Crippen molar-refractivity contribution in [3.63, 3.8) is 0 Å². The number of hydrogen-bond donors (Lipinski definition) is 1. The van der Waals surface area contributed by atoms with E-state index in [1.54, 1.807) is 49.5 Å². The summed E-state index contributed by atoms with van der Waals surface area (Å²) in [6.45, 7) is 2.03. The molecule has 3 rings (SSSR count). The summed E-state index contributed by atoms with van der Waals surface area (Å²) in [5.74, 6) is -0.681. The summed E-state index contributed by atoms with van der Waals surface area (Å²) in [5, 5.41) is 2.71. The molecule has 0 aliphatic carbocycles. The van der Waals surface area contributed by atoms with Crippen molar-refractivity contribution in [2.45, 2.75) is 13.5 Å². The summed E-state index contributed by atoms with van der Waals surface area (Å²) in [7, 11) is 0. The number of pyridine rings is 1. The Bertz CT molecular complexity index is 999. The number of nitrogens with one attached hydrogen (secondary N) is 1. The molecule has 132 valence electrons. The first-order valence-corrected chi connectivity index (χ1v) is 8.75. The highest BCUT2D eigenvalue weighted by Crippen LogP contribution is 2.21. The number of benzene rings is 2. The summed E-state index contributed by atoms with van der Waals surface area (Å²) in [4.78, 5) is 25.3. The quantitative estimate of drug-likeness (QED) is 0.689. The molecule has 3 aromatic rings. The molecule has 0 radical (unpaired) electrons. The molecule has 1 heterocycles. The summed E-state index contributed by atoms with van der Waals surface area (Å²) in [6.07, 6.45) is 1.67. The van der Waals surface area contributed by atoms with Gasteiger partial charge in [-0.05, 0) is 58.2 Å². The van der Waals surface area contributed by atoms with Crippen molar-refractivity contribution in [1.29, 1.82) is 0 Å². The Morgan fingerprint density at radius 1 is 1.12 bits per heavy atom. The van der Waals surface area contributed by atoms with Crippen LogP contribution in [-0.2, 0) is 6.54 Å². The van der Waals surface area contributed by atoms with E-state index >= 15 is 0 Å². The molecule has 0 unspecified atom stereocenters. The molecular weight excluding hydrogens is 399 g/mol. The van der Waals surface area contributed by atoms with Gasteiger partial charge in [0.1, 0.15) is 11.5 Å². The number of anilines is 1. The molecule has 1 amide bonds. The molecule has 1 aromatic heterocycles. The standard InChI is InChI=1S/C20H16BrFN2O2/c1-13-17(21)12-24(11-14-7-9-16(22)10-8-14)20(26)18(13)23-19(25)15-5-3-2-4-6-15/h2-10,12H,11H2,1H3,(H,23,25). The van der Waals surface area contributed by atoms with Crippen LogP contribution in [0.15, 0.2) is 70.1 Å². The third-order valence-electron chi connectivity index (χ3n) is 4.02. The molecule has 2 aromatic carbocycles. The molecule has 0 bridgehead atoms. The number of carbonyl (C=O) groups excluding carboxylic acids is 1. The summed E-state index contributed by atoms with van der Waals surface area (Å²) in [5.41, 5.74) is 1.80. The Balaban J connectivity index is 1.95. The van der Waals surface area contributed by atoms with Gasteiger partial charge in [-0.15, -0.1) is 0 Å². The average Bonchev–Trinajstić information content (AvgIpc) is 2.65. The Morgan fingerprint density at radius 2 is 1.77 bits per heavy atom. The van der Waals surface area contributed by atoms with E-state index in [1.165, 1.54) is 16.7 Å². The number of nitrogens with zero attached hydrogens (tertiary/aromatic N) is 1. The first-order valence-electron chi connectivity index (χ1n) is 7.96. The molecule has 6 heteroatoms. The minimum absolute atomic E-state index is 0.218. The smallest absolute Gasteiger partial charge is 0.274 e. The Morgan fingerprint density at radius 3 is 2.42 bits per heavy atom. The van der Waals surface area contributed by atoms with E-state index in [0.717, 1.165) is 5.56 Å². The Kier molecular flexibility index (Phi) is 5.32. The first-order chi connectivity index (χ1) is 12.5. The Labute approximate surface area is 158 Å². The van der Waals surface area contributed by atoms with Crippen LogP contribution in [0.2, 0.25) is 0 Å². The maximum Gasteiger partial charge on any atom is 0.274 e. The van der Waals surface area contributed by atoms with E-state index in [0.29, 0.717) is 15.6 Å². The minimum atomic E-state index is -0.350. The largest absolute Gasteiger partial charge is 0.317 e. The SMILES string of the molecule is Cc1c(Br)cn(Cc2ccc(F)cc2)c(=O)c1NC(=O)c1ccccc1. The fraction of sp³-hybridized carbons (Fsp3) is 0.100. The second-order valence-electron chi connectivity index (χ2n) is 5.86. The van der Waals surface area contributed by atoms with Crippen LogP contribution in [0, 0.1) is 12.7 Å². The van der Waals surface area contributed by atoms with Gasteiger partial charge in [0.05, 0.1) is 6.54 Å². The van der Waals surface area contributed by atoms with Crippen molar-refractivity contribution < 1.29 is 9.18 Å². The third-order valence-corrected chi connectivity index (χ3v) is 4.82. The number of aromatic nitrogens is 1. The van der Waals surface area contributed by atoms with Gasteiger partial charge >= 0.3 is 0 Å². The second-order valence-corrected chi connectivity index (χ2v) is 6.71. The lowest BCUT2D eigenvalue weighted by Crippen LogP contribution is -2.27. The highest BCUT2D eigenvalue weighted by molar-refractivity contribution is 9.10. The van der Waals surface area contributed by atoms with Gasteiger partial charge in [0.15, 0.2) is 0 Å². The van der Waals surface area contributed by atoms with Crippen molar-refractivity contribution >= 4 is 27.5 Å². The molecule has 0 atom stereocenters. The van der Waals surface area contributed by atoms with E-state index in [-0.39, 0.29) is 29.5 Å². The lowest BCUT2D eigenvalue weighted by Gasteiger charge is -2.14. The van der Waals surface area contributed by atoms with Gasteiger partial charge < -0.3 is 9.88 Å². The topological polar surface area (TPSA) is 51.1 Å². The van der Waals surface area contributed by atoms with Crippen LogP contribution in [0.1, 0.15) is 21.5 Å². The van der Waals surface area contributed by atoms with E-state index in [4.69, 9.17) is 0 Å². The molecule has 4 nitrogen and oxygen atoms in total. The zero-order valence-electron chi connectivity index (χ0n) is 14.0. The predicted octanol–water partition coefficient (Wildman–Crippen LogP) is 4.36. The lowest BCUT2D eigenvalue weighted by molar-refractivity contribution is 0.102. The molecule has 0 fully saturated rings. The fourth-order valence-corrected chi connectivity index (χ4v) is 2.99. The molecule has 0 aliphatic rings. The normalized spacial score (nSPS) is 10.6. The molecule has 26 heavy (non-hydrogen) atoms. The van der Waals surface area contributed by atoms with E-state index < -0.39 is 0 Å². The van der Waals surface area contributed by atoms with Crippen molar-refractivity contribution in [2.75, 3.05) is 5.32 Å². The van der Waals surface area contributed by atoms with Crippen LogP contribution < -0.4 is 10.9 Å². The number of carbonyl (C=O) groups is 1. The molecule has 1 N–H and O–H groups in total. The highest BCUT2D eigenvalue weighted by Gasteiger charge is 2.15. The number of hydrogen-bond acceptors (Lipinski definition) is 2. The van der Waals surface area contributed by atoms with Crippen molar-refractivity contribution in [1.82, 2.24) is 4.57 Å². The minimum Gasteiger partial charge on any atom is -0.317 e. The van der Waals surface area contributed by atoms with Gasteiger partial charge in [-0.25, -0.2) is 4.39 Å². The van der Waals surface area contributed by atoms with E-state index in [9.17, 15) is 14.0 Å². The van der Waals surface area contributed by atoms with Gasteiger partial charge in [0.25, 0.3) is 11.5 Å². The van der Waals surface area contributed by atoms with Crippen molar-refractivity contribution in [3.05, 3.63) is 98.1 Å². The lowest BCUT2D eigenvalue weighted by atomic mass is 10.2. The summed E-state index contributed by atoms with van der Waals surface area (Å²) >= 11 is 3.43. The first kappa shape index (κ1) is 18.1. The zero-order valence-corrected chi connectivity index (χ0v) is 15.6. The van der Waals surface area contributed by atoms with Gasteiger partial charge in [0, 0.05) is 16.2 Å². The molecule has 0 aliphatic heterocycles. The van der Waals surface area contributed by atoms with Crippen LogP contribution >= 0.6 is 15.9 Å². The van der Waals surface area contributed by atoms with E-state index in [2.05, 4.69) is 21.2 Å². The summed E-state index contributed by atoms with van der Waals surface area (Å²) < 4.78 is 15.2. The van der Waals surface area contributed by atoms with Gasteiger partial charge in [0.2, 0.25) is 0 Å². The molecule has 0 spiro atoms. The van der Waals surface area contributed by atoms with Gasteiger partial charge in [-0.1, -0.05) is 30.3 Å². The molecular formula is C20H16BrFN2O2. The van der Waals surface area contributed by atoms with Crippen LogP contribution in [-0.4, -0.2) is 10.5 Å². The van der Waals surface area contributed by atoms with E-state index in [1.807, 2.05) is 6.07 Å². The zero-order chi connectivity index (χ0) is 18.7. The van der Waals surface area contributed by atoms with Gasteiger partial charge in [-0.3, -0.25) is 9.59 Å². The molecule has 0 saturated heterocycles. The highest BCUT2D eigenvalue weighted by atomic mass is 79.9. The number of halogens is 2. The average molecular weight is 415 g/mol. The van der Waals surface area contributed by atoms with Crippen LogP contribution in [0.3, 0.4) is 0 Å². The maximum absolute atomic E-state index is 13.1. The predicted molar refractivity (Wildman–Crippen MR) is 103 cm³/mol. The Hall–Kier alpha value is -2.73. The summed E-state index contributed by atoms with van der Waals surface area (Å²) in [6, 6.07) is 14.6. The number of rotatable bonds is 4. The van der Waals surface area contributed by atoms with Crippen LogP contribution in [0.4, 0.5) is 10.1 Å². The maximum atomic E-state index is 13.1. The molecule has 0 saturated carbocycles. The van der Waals surface area contributed by atoms with Crippen molar-refractivity contribution in [2.24, 2.45) is 0 Å². The van der Waals surface area contributed by atoms with Crippen LogP contribution in [0.5, 0.6) is 0 Å². The second kappa shape index (κ2) is 7.66. The third kappa shape index (κ3) is 3.91. The monoisotopic (exact) mass is 414 g/mol.